The number of carbonyl (C=O) groups excluding carboxylic acids is 2. The molecule has 2 aromatic carbocycles. The second-order valence-electron chi connectivity index (χ2n) is 14.6. The molecule has 0 spiro atoms. The second kappa shape index (κ2) is 31.0. The number of pyridine rings is 1. The number of carboxylic acids is 2. The highest BCUT2D eigenvalue weighted by Crippen LogP contribution is 2.19. The van der Waals surface area contributed by atoms with Gasteiger partial charge in [0.1, 0.15) is 24.8 Å². The number of hydrogen-bond donors (Lipinski definition) is 4. The van der Waals surface area contributed by atoms with Gasteiger partial charge in [0.25, 0.3) is 15.9 Å². The molecule has 4 N–H and O–H groups in total. The van der Waals surface area contributed by atoms with Crippen LogP contribution in [0.15, 0.2) is 71.8 Å². The molecule has 0 unspecified atom stereocenters. The van der Waals surface area contributed by atoms with Crippen molar-refractivity contribution in [3.8, 4) is 5.75 Å². The molecule has 0 bridgehead atoms. The Morgan fingerprint density at radius 3 is 1.76 bits per heavy atom. The van der Waals surface area contributed by atoms with Crippen LogP contribution < -0.4 is 14.8 Å². The van der Waals surface area contributed by atoms with Gasteiger partial charge in [0.2, 0.25) is 0 Å². The van der Waals surface area contributed by atoms with Crippen LogP contribution in [0.5, 0.6) is 5.75 Å². The molecule has 3 aromatic rings. The zero-order chi connectivity index (χ0) is 44.7. The summed E-state index contributed by atoms with van der Waals surface area (Å²) in [7, 11) is -3.91. The number of benzene rings is 2. The predicted octanol–water partition coefficient (Wildman–Crippen LogP) is 6.26. The zero-order valence-corrected chi connectivity index (χ0v) is 36.4. The number of ketones is 1. The first kappa shape index (κ1) is 51.4. The third-order valence-corrected chi connectivity index (χ3v) is 10.8. The van der Waals surface area contributed by atoms with Gasteiger partial charge in [-0.1, -0.05) is 69.2 Å². The molecule has 0 radical (unpaired) electrons. The fourth-order valence-electron chi connectivity index (χ4n) is 6.03. The zero-order valence-electron chi connectivity index (χ0n) is 35.6. The highest BCUT2D eigenvalue weighted by molar-refractivity contribution is 7.92. The number of Topliss-reactive ketones (excluding diaryl/α,β-unsaturated/α-hetero) is 1. The van der Waals surface area contributed by atoms with Crippen LogP contribution in [0.2, 0.25) is 0 Å². The van der Waals surface area contributed by atoms with Crippen molar-refractivity contribution < 1.29 is 61.5 Å². The highest BCUT2D eigenvalue weighted by Gasteiger charge is 2.16. The van der Waals surface area contributed by atoms with E-state index < -0.39 is 27.9 Å². The van der Waals surface area contributed by atoms with Crippen LogP contribution >= 0.6 is 0 Å². The number of nitrogens with zero attached hydrogens (tertiary/aromatic N) is 1. The Bertz CT molecular complexity index is 1840. The molecule has 0 saturated carbocycles. The Morgan fingerprint density at radius 2 is 1.15 bits per heavy atom. The first-order chi connectivity index (χ1) is 30.0. The van der Waals surface area contributed by atoms with E-state index >= 15 is 0 Å². The van der Waals surface area contributed by atoms with Crippen LogP contribution in [-0.2, 0) is 56.2 Å². The lowest BCUT2D eigenvalue weighted by Gasteiger charge is -2.10. The first-order valence-electron chi connectivity index (χ1n) is 21.4. The molecular weight excluding hydrogens is 823 g/mol. The fourth-order valence-corrected chi connectivity index (χ4v) is 7.04. The number of rotatable bonds is 37. The largest absolute Gasteiger partial charge is 0.494 e. The molecule has 0 saturated heterocycles. The van der Waals surface area contributed by atoms with Gasteiger partial charge >= 0.3 is 11.9 Å². The maximum atomic E-state index is 13.0. The molecule has 62 heavy (non-hydrogen) atoms. The van der Waals surface area contributed by atoms with Gasteiger partial charge in [0.15, 0.2) is 5.78 Å². The number of aromatic nitrogens is 1. The standard InChI is InChI=1S/C45H63N3O13S/c49-39(11-10-26-57-29-32-60-35-44(52)53)34-59-31-30-58-28-25-46-45(54)38-19-24-42(47-33-38)48-62(55,56)41-22-17-37(18-23-41)14-13-36-15-20-40(21-16-36)61-27-9-7-5-3-1-2-4-6-8-12-43(50)51/h15-24,33H,1-14,25-32,34-35H2,(H,46,54)(H,47,48)(H,50,51)(H,52,53). The van der Waals surface area contributed by atoms with E-state index in [0.29, 0.717) is 26.1 Å². The number of ether oxygens (including phenoxy) is 5. The summed E-state index contributed by atoms with van der Waals surface area (Å²) >= 11 is 0. The lowest BCUT2D eigenvalue weighted by Crippen LogP contribution is -2.28. The third kappa shape index (κ3) is 23.9. The Labute approximate surface area is 365 Å². The van der Waals surface area contributed by atoms with Crippen molar-refractivity contribution in [2.75, 3.05) is 70.7 Å². The van der Waals surface area contributed by atoms with Crippen molar-refractivity contribution in [3.05, 3.63) is 83.6 Å². The van der Waals surface area contributed by atoms with Gasteiger partial charge in [0.05, 0.1) is 50.1 Å². The molecule has 1 heterocycles. The lowest BCUT2D eigenvalue weighted by atomic mass is 10.0. The molecule has 1 amide bonds. The van der Waals surface area contributed by atoms with Gasteiger partial charge in [-0.15, -0.1) is 0 Å². The monoisotopic (exact) mass is 885 g/mol. The van der Waals surface area contributed by atoms with E-state index in [0.717, 1.165) is 61.8 Å². The highest BCUT2D eigenvalue weighted by atomic mass is 32.2. The van der Waals surface area contributed by atoms with Gasteiger partial charge in [-0.25, -0.2) is 18.2 Å². The molecule has 16 nitrogen and oxygen atoms in total. The number of sulfonamides is 1. The van der Waals surface area contributed by atoms with Crippen LogP contribution in [0, 0.1) is 0 Å². The average molecular weight is 886 g/mol. The van der Waals surface area contributed by atoms with Crippen molar-refractivity contribution >= 4 is 39.5 Å². The van der Waals surface area contributed by atoms with E-state index in [9.17, 15) is 27.6 Å². The number of hydrogen-bond acceptors (Lipinski definition) is 12. The Morgan fingerprint density at radius 1 is 0.565 bits per heavy atom. The summed E-state index contributed by atoms with van der Waals surface area (Å²) in [4.78, 5) is 49.5. The number of anilines is 1. The van der Waals surface area contributed by atoms with Gasteiger partial charge in [-0.2, -0.15) is 0 Å². The molecule has 0 aliphatic heterocycles. The summed E-state index contributed by atoms with van der Waals surface area (Å²) in [5, 5.41) is 19.9. The number of unbranched alkanes of at least 4 members (excludes halogenated alkanes) is 8. The number of amides is 1. The SMILES string of the molecule is O=C(O)CCCCCCCCCCCOc1ccc(CCc2ccc(S(=O)(=O)Nc3ccc(C(=O)NCCOCCOCC(=O)CCCOCCOCC(=O)O)cn3)cc2)cc1. The first-order valence-corrected chi connectivity index (χ1v) is 22.8. The molecule has 1 aromatic heterocycles. The summed E-state index contributed by atoms with van der Waals surface area (Å²) in [6.07, 6.45) is 13.6. The van der Waals surface area contributed by atoms with Crippen LogP contribution in [0.4, 0.5) is 5.82 Å². The predicted molar refractivity (Wildman–Crippen MR) is 232 cm³/mol. The van der Waals surface area contributed by atoms with Gasteiger partial charge in [-0.3, -0.25) is 19.1 Å². The van der Waals surface area contributed by atoms with E-state index in [1.807, 2.05) is 12.1 Å². The summed E-state index contributed by atoms with van der Waals surface area (Å²) in [5.74, 6) is -1.31. The molecule has 342 valence electrons. The van der Waals surface area contributed by atoms with E-state index in [2.05, 4.69) is 27.2 Å². The van der Waals surface area contributed by atoms with Crippen molar-refractivity contribution in [2.45, 2.75) is 94.8 Å². The van der Waals surface area contributed by atoms with Gasteiger partial charge in [-0.05, 0) is 79.6 Å². The normalized spacial score (nSPS) is 11.3. The van der Waals surface area contributed by atoms with Gasteiger partial charge in [0, 0.05) is 32.2 Å². The van der Waals surface area contributed by atoms with Crippen molar-refractivity contribution in [3.63, 3.8) is 0 Å². The topological polar surface area (TPSA) is 226 Å². The van der Waals surface area contributed by atoms with E-state index in [1.54, 1.807) is 24.3 Å². The Balaban J connectivity index is 1.22. The molecule has 0 aliphatic rings. The third-order valence-electron chi connectivity index (χ3n) is 9.44. The van der Waals surface area contributed by atoms with Crippen molar-refractivity contribution in [1.29, 1.82) is 0 Å². The van der Waals surface area contributed by atoms with E-state index in [-0.39, 0.29) is 81.3 Å². The van der Waals surface area contributed by atoms with Crippen LogP contribution in [0.1, 0.15) is 98.5 Å². The van der Waals surface area contributed by atoms with Crippen molar-refractivity contribution in [1.82, 2.24) is 10.3 Å². The maximum Gasteiger partial charge on any atom is 0.329 e. The summed E-state index contributed by atoms with van der Waals surface area (Å²) in [6.45, 7) is 1.92. The van der Waals surface area contributed by atoms with Crippen LogP contribution in [-0.4, -0.2) is 113 Å². The minimum absolute atomic E-state index is 0.0484. The fraction of sp³-hybridized carbons (Fsp3) is 0.533. The Hall–Kier alpha value is -4.94. The summed E-state index contributed by atoms with van der Waals surface area (Å²) in [5.41, 5.74) is 2.40. The minimum Gasteiger partial charge on any atom is -0.494 e. The number of carbonyl (C=O) groups is 4. The van der Waals surface area contributed by atoms with E-state index in [1.165, 1.54) is 44.0 Å². The summed E-state index contributed by atoms with van der Waals surface area (Å²) in [6, 6.07) is 17.7. The average Bonchev–Trinajstić information content (AvgIpc) is 3.25. The Kier molecular flexibility index (Phi) is 25.7. The van der Waals surface area contributed by atoms with Crippen LogP contribution in [0.25, 0.3) is 0 Å². The lowest BCUT2D eigenvalue weighted by molar-refractivity contribution is -0.143. The summed E-state index contributed by atoms with van der Waals surface area (Å²) < 4.78 is 55.3. The molecule has 17 heteroatoms. The second-order valence-corrected chi connectivity index (χ2v) is 16.3. The molecule has 0 fully saturated rings. The number of aliphatic carboxylic acids is 2. The van der Waals surface area contributed by atoms with Crippen molar-refractivity contribution in [2.24, 2.45) is 0 Å². The molecular formula is C45H63N3O13S. The van der Waals surface area contributed by atoms with E-state index in [4.69, 9.17) is 33.9 Å². The molecule has 0 aliphatic carbocycles. The molecule has 0 atom stereocenters. The maximum absolute atomic E-state index is 13.0. The number of nitrogens with one attached hydrogen (secondary N) is 2. The van der Waals surface area contributed by atoms with Crippen LogP contribution in [0.3, 0.4) is 0 Å². The quantitative estimate of drug-likeness (QED) is 0.0469. The molecule has 3 rings (SSSR count). The number of aryl methyl sites for hydroxylation is 2. The minimum atomic E-state index is -3.91. The van der Waals surface area contributed by atoms with Gasteiger partial charge < -0.3 is 39.2 Å². The number of carboxylic acid groups (broad SMARTS) is 2. The smallest absolute Gasteiger partial charge is 0.329 e.